The van der Waals surface area contributed by atoms with Crippen molar-refractivity contribution in [1.82, 2.24) is 14.9 Å². The van der Waals surface area contributed by atoms with E-state index < -0.39 is 10.0 Å². The van der Waals surface area contributed by atoms with Crippen molar-refractivity contribution in [2.75, 3.05) is 26.7 Å². The molecular weight excluding hydrogens is 406 g/mol. The monoisotopic (exact) mass is 435 g/mol. The Bertz CT molecular complexity index is 951. The zero-order valence-electron chi connectivity index (χ0n) is 17.6. The van der Waals surface area contributed by atoms with Crippen LogP contribution in [-0.4, -0.2) is 52.0 Å². The largest absolute Gasteiger partial charge is 0.495 e. The first kappa shape index (κ1) is 22.3. The second-order valence-corrected chi connectivity index (χ2v) is 8.91. The average Bonchev–Trinajstić information content (AvgIpc) is 3.37. The van der Waals surface area contributed by atoms with Crippen LogP contribution in [0.25, 0.3) is 0 Å². The molecule has 0 radical (unpaired) electrons. The number of amides is 1. The molecule has 1 atom stereocenters. The highest BCUT2D eigenvalue weighted by atomic mass is 32.2. The number of hydrogen-bond acceptors (Lipinski definition) is 6. The van der Waals surface area contributed by atoms with Crippen molar-refractivity contribution < 1.29 is 22.4 Å². The van der Waals surface area contributed by atoms with E-state index in [-0.39, 0.29) is 34.2 Å². The molecule has 9 heteroatoms. The molecule has 1 saturated carbocycles. The van der Waals surface area contributed by atoms with E-state index in [2.05, 4.69) is 28.8 Å². The molecule has 1 aromatic carbocycles. The highest BCUT2D eigenvalue weighted by molar-refractivity contribution is 7.89. The molecule has 1 heterocycles. The number of nitrogens with one attached hydrogen (secondary N) is 2. The zero-order valence-corrected chi connectivity index (χ0v) is 18.4. The van der Waals surface area contributed by atoms with Gasteiger partial charge in [0.25, 0.3) is 5.91 Å². The Morgan fingerprint density at radius 2 is 2.00 bits per heavy atom. The fraction of sp³-hybridized carbons (Fsp3) is 0.476. The number of rotatable bonds is 11. The minimum absolute atomic E-state index is 0.0316. The second-order valence-electron chi connectivity index (χ2n) is 7.22. The van der Waals surface area contributed by atoms with Crippen LogP contribution < -0.4 is 14.8 Å². The molecule has 3 rings (SSSR count). The van der Waals surface area contributed by atoms with E-state index in [9.17, 15) is 13.2 Å². The van der Waals surface area contributed by atoms with Crippen molar-refractivity contribution in [3.63, 3.8) is 0 Å². The van der Waals surface area contributed by atoms with Crippen LogP contribution in [0.1, 0.15) is 48.8 Å². The molecule has 1 fully saturated rings. The molecule has 0 aliphatic heterocycles. The van der Waals surface area contributed by atoms with Gasteiger partial charge in [-0.3, -0.25) is 9.69 Å². The van der Waals surface area contributed by atoms with Gasteiger partial charge in [-0.1, -0.05) is 13.8 Å². The normalized spacial score (nSPS) is 15.2. The van der Waals surface area contributed by atoms with Gasteiger partial charge in [-0.15, -0.1) is 0 Å². The van der Waals surface area contributed by atoms with Gasteiger partial charge in [0.1, 0.15) is 16.4 Å². The summed E-state index contributed by atoms with van der Waals surface area (Å²) in [6.45, 7) is 6.04. The van der Waals surface area contributed by atoms with Crippen molar-refractivity contribution >= 4 is 15.9 Å². The van der Waals surface area contributed by atoms with E-state index in [1.807, 2.05) is 12.1 Å². The standard InChI is InChI=1S/C21H29N3O5S/c1-4-24(5-2)17(18-7-6-12-29-18)14-22-21(25)15-8-11-19(28-3)20(13-15)30(26,27)23-16-9-10-16/h6-8,11-13,16-17,23H,4-5,9-10,14H2,1-3H3,(H,22,25)/t17-/m0/s1. The Hall–Kier alpha value is -2.36. The lowest BCUT2D eigenvalue weighted by molar-refractivity contribution is 0.0929. The maximum absolute atomic E-state index is 12.8. The molecular formula is C21H29N3O5S. The smallest absolute Gasteiger partial charge is 0.251 e. The predicted molar refractivity (Wildman–Crippen MR) is 113 cm³/mol. The Kier molecular flexibility index (Phi) is 7.17. The first-order valence-electron chi connectivity index (χ1n) is 10.2. The molecule has 1 aliphatic rings. The van der Waals surface area contributed by atoms with Crippen LogP contribution in [0.4, 0.5) is 0 Å². The number of methoxy groups -OCH3 is 1. The van der Waals surface area contributed by atoms with Crippen LogP contribution in [0.5, 0.6) is 5.75 Å². The summed E-state index contributed by atoms with van der Waals surface area (Å²) in [5.41, 5.74) is 0.254. The van der Waals surface area contributed by atoms with Gasteiger partial charge in [0.05, 0.1) is 19.4 Å². The Morgan fingerprint density at radius 3 is 2.57 bits per heavy atom. The highest BCUT2D eigenvalue weighted by Gasteiger charge is 2.30. The number of likely N-dealkylation sites (N-methyl/N-ethyl adjacent to an activating group) is 1. The topological polar surface area (TPSA) is 101 Å². The summed E-state index contributed by atoms with van der Waals surface area (Å²) in [7, 11) is -2.36. The van der Waals surface area contributed by atoms with Crippen molar-refractivity contribution in [2.45, 2.75) is 43.7 Å². The molecule has 2 aromatic rings. The number of furan rings is 1. The lowest BCUT2D eigenvalue weighted by Crippen LogP contribution is -2.38. The molecule has 0 saturated heterocycles. The first-order valence-corrected chi connectivity index (χ1v) is 11.6. The van der Waals surface area contributed by atoms with Gasteiger partial charge < -0.3 is 14.5 Å². The Morgan fingerprint density at radius 1 is 1.27 bits per heavy atom. The maximum Gasteiger partial charge on any atom is 0.251 e. The molecule has 8 nitrogen and oxygen atoms in total. The quantitative estimate of drug-likeness (QED) is 0.563. The summed E-state index contributed by atoms with van der Waals surface area (Å²) < 4.78 is 38.8. The summed E-state index contributed by atoms with van der Waals surface area (Å²) in [6.07, 6.45) is 3.25. The number of carbonyl (C=O) groups is 1. The molecule has 0 bridgehead atoms. The molecule has 0 spiro atoms. The van der Waals surface area contributed by atoms with E-state index in [0.29, 0.717) is 6.54 Å². The molecule has 1 aliphatic carbocycles. The predicted octanol–water partition coefficient (Wildman–Crippen LogP) is 2.54. The average molecular weight is 436 g/mol. The second kappa shape index (κ2) is 9.63. The van der Waals surface area contributed by atoms with Crippen LogP contribution in [0, 0.1) is 0 Å². The summed E-state index contributed by atoms with van der Waals surface area (Å²) in [6, 6.07) is 7.97. The van der Waals surface area contributed by atoms with Crippen LogP contribution >= 0.6 is 0 Å². The maximum atomic E-state index is 12.8. The SMILES string of the molecule is CCN(CC)[C@@H](CNC(=O)c1ccc(OC)c(S(=O)(=O)NC2CC2)c1)c1ccco1. The van der Waals surface area contributed by atoms with E-state index in [1.165, 1.54) is 19.2 Å². The fourth-order valence-electron chi connectivity index (χ4n) is 3.36. The molecule has 1 aromatic heterocycles. The zero-order chi connectivity index (χ0) is 21.7. The highest BCUT2D eigenvalue weighted by Crippen LogP contribution is 2.28. The van der Waals surface area contributed by atoms with E-state index >= 15 is 0 Å². The summed E-state index contributed by atoms with van der Waals surface area (Å²) >= 11 is 0. The van der Waals surface area contributed by atoms with Crippen molar-refractivity contribution in [2.24, 2.45) is 0 Å². The number of hydrogen-bond donors (Lipinski definition) is 2. The van der Waals surface area contributed by atoms with Crippen molar-refractivity contribution in [1.29, 1.82) is 0 Å². The van der Waals surface area contributed by atoms with Crippen LogP contribution in [0.3, 0.4) is 0 Å². The molecule has 0 unspecified atom stereocenters. The minimum atomic E-state index is -3.76. The summed E-state index contributed by atoms with van der Waals surface area (Å²) in [4.78, 5) is 15.0. The van der Waals surface area contributed by atoms with Gasteiger partial charge in [0, 0.05) is 18.2 Å². The van der Waals surface area contributed by atoms with E-state index in [0.717, 1.165) is 31.7 Å². The van der Waals surface area contributed by atoms with Crippen LogP contribution in [0.15, 0.2) is 45.9 Å². The van der Waals surface area contributed by atoms with E-state index in [1.54, 1.807) is 12.3 Å². The summed E-state index contributed by atoms with van der Waals surface area (Å²) in [5, 5.41) is 2.91. The van der Waals surface area contributed by atoms with Gasteiger partial charge in [-0.2, -0.15) is 0 Å². The van der Waals surface area contributed by atoms with Crippen LogP contribution in [-0.2, 0) is 10.0 Å². The van der Waals surface area contributed by atoms with E-state index in [4.69, 9.17) is 9.15 Å². The number of sulfonamides is 1. The summed E-state index contributed by atoms with van der Waals surface area (Å²) in [5.74, 6) is 0.617. The number of carbonyl (C=O) groups excluding carboxylic acids is 1. The molecule has 2 N–H and O–H groups in total. The molecule has 30 heavy (non-hydrogen) atoms. The van der Waals surface area contributed by atoms with Crippen LogP contribution in [0.2, 0.25) is 0 Å². The third-order valence-electron chi connectivity index (χ3n) is 5.20. The van der Waals surface area contributed by atoms with Crippen molar-refractivity contribution in [3.05, 3.63) is 47.9 Å². The third kappa shape index (κ3) is 5.21. The van der Waals surface area contributed by atoms with Gasteiger partial charge in [-0.05, 0) is 56.3 Å². The number of benzene rings is 1. The minimum Gasteiger partial charge on any atom is -0.495 e. The first-order chi connectivity index (χ1) is 14.4. The van der Waals surface area contributed by atoms with Gasteiger partial charge in [-0.25, -0.2) is 13.1 Å². The lowest BCUT2D eigenvalue weighted by Gasteiger charge is -2.28. The molecule has 1 amide bonds. The fourth-order valence-corrected chi connectivity index (χ4v) is 4.86. The Balaban J connectivity index is 1.78. The number of ether oxygens (including phenoxy) is 1. The van der Waals surface area contributed by atoms with Gasteiger partial charge in [0.2, 0.25) is 10.0 Å². The van der Waals surface area contributed by atoms with Crippen molar-refractivity contribution in [3.8, 4) is 5.75 Å². The van der Waals surface area contributed by atoms with Gasteiger partial charge in [0.15, 0.2) is 0 Å². The Labute approximate surface area is 177 Å². The number of nitrogens with zero attached hydrogens (tertiary/aromatic N) is 1. The lowest BCUT2D eigenvalue weighted by atomic mass is 10.1. The van der Waals surface area contributed by atoms with Gasteiger partial charge >= 0.3 is 0 Å². The molecule has 164 valence electrons. The third-order valence-corrected chi connectivity index (χ3v) is 6.74.